The third-order valence-electron chi connectivity index (χ3n) is 4.91. The molecular formula is C22H24N2O. The highest BCUT2D eigenvalue weighted by molar-refractivity contribution is 5.37. The van der Waals surface area contributed by atoms with E-state index < -0.39 is 0 Å². The Bertz CT molecular complexity index is 785. The minimum Gasteiger partial charge on any atom is -0.486 e. The van der Waals surface area contributed by atoms with Crippen molar-refractivity contribution in [2.24, 2.45) is 5.92 Å². The number of hydrogen-bond acceptors (Lipinski definition) is 3. The van der Waals surface area contributed by atoms with Crippen LogP contribution in [0.4, 0.5) is 0 Å². The summed E-state index contributed by atoms with van der Waals surface area (Å²) in [7, 11) is 0. The summed E-state index contributed by atoms with van der Waals surface area (Å²) in [6, 6.07) is 20.4. The first-order valence-corrected chi connectivity index (χ1v) is 8.65. The van der Waals surface area contributed by atoms with Gasteiger partial charge in [0.05, 0.1) is 17.6 Å². The summed E-state index contributed by atoms with van der Waals surface area (Å²) in [5.41, 5.74) is 3.10. The highest BCUT2D eigenvalue weighted by atomic mass is 16.5. The summed E-state index contributed by atoms with van der Waals surface area (Å²) in [4.78, 5) is 8.98. The van der Waals surface area contributed by atoms with Gasteiger partial charge in [0.15, 0.2) is 0 Å². The smallest absolute Gasteiger partial charge is 0.138 e. The Kier molecular flexibility index (Phi) is 5.13. The van der Waals surface area contributed by atoms with E-state index in [-0.39, 0.29) is 5.41 Å². The van der Waals surface area contributed by atoms with Crippen LogP contribution in [0.3, 0.4) is 0 Å². The van der Waals surface area contributed by atoms with Crippen molar-refractivity contribution in [1.29, 1.82) is 0 Å². The van der Waals surface area contributed by atoms with Gasteiger partial charge in [-0.15, -0.1) is 0 Å². The predicted octanol–water partition coefficient (Wildman–Crippen LogP) is 5.02. The molecule has 0 aliphatic heterocycles. The SMILES string of the molecule is CC(C)C(C)(c1ccccc1)c1ccc(OCc2ccccn2)cn1. The van der Waals surface area contributed by atoms with Crippen molar-refractivity contribution in [3.05, 3.63) is 90.0 Å². The number of benzene rings is 1. The monoisotopic (exact) mass is 332 g/mol. The van der Waals surface area contributed by atoms with Gasteiger partial charge in [0.1, 0.15) is 12.4 Å². The first-order chi connectivity index (χ1) is 12.1. The van der Waals surface area contributed by atoms with Crippen molar-refractivity contribution in [3.8, 4) is 5.75 Å². The molecule has 3 rings (SSSR count). The molecule has 3 heteroatoms. The van der Waals surface area contributed by atoms with Gasteiger partial charge in [0, 0.05) is 11.6 Å². The fourth-order valence-electron chi connectivity index (χ4n) is 2.98. The molecule has 0 saturated carbocycles. The average Bonchev–Trinajstić information content (AvgIpc) is 2.67. The maximum atomic E-state index is 5.80. The van der Waals surface area contributed by atoms with Gasteiger partial charge < -0.3 is 4.74 Å². The lowest BCUT2D eigenvalue weighted by molar-refractivity contribution is 0.299. The molecule has 0 N–H and O–H groups in total. The molecule has 1 unspecified atom stereocenters. The van der Waals surface area contributed by atoms with Gasteiger partial charge in [-0.25, -0.2) is 0 Å². The Morgan fingerprint density at radius 2 is 1.68 bits per heavy atom. The highest BCUT2D eigenvalue weighted by Gasteiger charge is 2.33. The third-order valence-corrected chi connectivity index (χ3v) is 4.91. The summed E-state index contributed by atoms with van der Waals surface area (Å²) in [6.45, 7) is 7.17. The van der Waals surface area contributed by atoms with Crippen molar-refractivity contribution in [2.75, 3.05) is 0 Å². The second-order valence-electron chi connectivity index (χ2n) is 6.71. The van der Waals surface area contributed by atoms with Gasteiger partial charge in [-0.2, -0.15) is 0 Å². The molecule has 0 bridgehead atoms. The van der Waals surface area contributed by atoms with Crippen molar-refractivity contribution in [3.63, 3.8) is 0 Å². The van der Waals surface area contributed by atoms with Crippen molar-refractivity contribution in [2.45, 2.75) is 32.8 Å². The summed E-state index contributed by atoms with van der Waals surface area (Å²) in [5.74, 6) is 1.18. The van der Waals surface area contributed by atoms with Crippen LogP contribution in [0.2, 0.25) is 0 Å². The fraction of sp³-hybridized carbons (Fsp3) is 0.273. The van der Waals surface area contributed by atoms with E-state index in [1.165, 1.54) is 5.56 Å². The molecule has 128 valence electrons. The highest BCUT2D eigenvalue weighted by Crippen LogP contribution is 2.38. The largest absolute Gasteiger partial charge is 0.486 e. The van der Waals surface area contributed by atoms with Crippen LogP contribution in [-0.4, -0.2) is 9.97 Å². The molecule has 25 heavy (non-hydrogen) atoms. The number of rotatable bonds is 6. The summed E-state index contributed by atoms with van der Waals surface area (Å²) < 4.78 is 5.80. The van der Waals surface area contributed by atoms with Crippen LogP contribution in [0, 0.1) is 5.92 Å². The van der Waals surface area contributed by atoms with E-state index in [9.17, 15) is 0 Å². The van der Waals surface area contributed by atoms with Crippen LogP contribution in [0.15, 0.2) is 73.1 Å². The van der Waals surface area contributed by atoms with E-state index in [0.29, 0.717) is 12.5 Å². The normalized spacial score (nSPS) is 13.4. The van der Waals surface area contributed by atoms with Crippen LogP contribution in [0.1, 0.15) is 37.7 Å². The lowest BCUT2D eigenvalue weighted by Gasteiger charge is -2.34. The molecule has 1 aromatic carbocycles. The standard InChI is InChI=1S/C22H24N2O/c1-17(2)22(3,18-9-5-4-6-10-18)21-13-12-20(15-24-21)25-16-19-11-7-8-14-23-19/h4-15,17H,16H2,1-3H3. The topological polar surface area (TPSA) is 35.0 Å². The molecule has 0 amide bonds. The van der Waals surface area contributed by atoms with Gasteiger partial charge in [-0.3, -0.25) is 9.97 Å². The van der Waals surface area contributed by atoms with Crippen LogP contribution < -0.4 is 4.74 Å². The number of ether oxygens (including phenoxy) is 1. The zero-order valence-electron chi connectivity index (χ0n) is 15.0. The molecule has 3 aromatic rings. The lowest BCUT2D eigenvalue weighted by atomic mass is 9.71. The maximum Gasteiger partial charge on any atom is 0.138 e. The van der Waals surface area contributed by atoms with Gasteiger partial charge >= 0.3 is 0 Å². The fourth-order valence-corrected chi connectivity index (χ4v) is 2.98. The molecule has 0 spiro atoms. The molecule has 0 saturated heterocycles. The number of nitrogens with zero attached hydrogens (tertiary/aromatic N) is 2. The Morgan fingerprint density at radius 3 is 2.28 bits per heavy atom. The van der Waals surface area contributed by atoms with Crippen LogP contribution in [0.25, 0.3) is 0 Å². The van der Waals surface area contributed by atoms with Gasteiger partial charge in [-0.05, 0) is 42.7 Å². The predicted molar refractivity (Wildman–Crippen MR) is 101 cm³/mol. The Balaban J connectivity index is 1.80. The van der Waals surface area contributed by atoms with E-state index in [1.54, 1.807) is 6.20 Å². The van der Waals surface area contributed by atoms with Crippen molar-refractivity contribution >= 4 is 0 Å². The van der Waals surface area contributed by atoms with Gasteiger partial charge in [0.25, 0.3) is 0 Å². The van der Waals surface area contributed by atoms with E-state index in [0.717, 1.165) is 17.1 Å². The number of pyridine rings is 2. The zero-order chi connectivity index (χ0) is 17.7. The molecular weight excluding hydrogens is 308 g/mol. The summed E-state index contributed by atoms with van der Waals surface area (Å²) in [6.07, 6.45) is 3.58. The third kappa shape index (κ3) is 3.71. The molecule has 2 aromatic heterocycles. The van der Waals surface area contributed by atoms with E-state index >= 15 is 0 Å². The molecule has 0 radical (unpaired) electrons. The van der Waals surface area contributed by atoms with Gasteiger partial charge in [0.2, 0.25) is 0 Å². The summed E-state index contributed by atoms with van der Waals surface area (Å²) in [5, 5.41) is 0. The second kappa shape index (κ2) is 7.47. The van der Waals surface area contributed by atoms with Crippen LogP contribution >= 0.6 is 0 Å². The zero-order valence-corrected chi connectivity index (χ0v) is 15.0. The van der Waals surface area contributed by atoms with Crippen molar-refractivity contribution < 1.29 is 4.74 Å². The Morgan fingerprint density at radius 1 is 0.920 bits per heavy atom. The van der Waals surface area contributed by atoms with Crippen LogP contribution in [-0.2, 0) is 12.0 Å². The minimum atomic E-state index is -0.138. The number of hydrogen-bond donors (Lipinski definition) is 0. The van der Waals surface area contributed by atoms with E-state index in [2.05, 4.69) is 56.1 Å². The first kappa shape index (κ1) is 17.2. The minimum absolute atomic E-state index is 0.138. The Labute approximate surface area is 149 Å². The molecule has 0 aliphatic carbocycles. The molecule has 3 nitrogen and oxygen atoms in total. The van der Waals surface area contributed by atoms with Crippen molar-refractivity contribution in [1.82, 2.24) is 9.97 Å². The Hall–Kier alpha value is -2.68. The maximum absolute atomic E-state index is 5.80. The molecule has 2 heterocycles. The summed E-state index contributed by atoms with van der Waals surface area (Å²) >= 11 is 0. The van der Waals surface area contributed by atoms with Gasteiger partial charge in [-0.1, -0.05) is 50.2 Å². The van der Waals surface area contributed by atoms with E-state index in [1.807, 2.05) is 36.5 Å². The lowest BCUT2D eigenvalue weighted by Crippen LogP contribution is -2.31. The molecule has 0 aliphatic rings. The number of aromatic nitrogens is 2. The molecule has 0 fully saturated rings. The average molecular weight is 332 g/mol. The van der Waals surface area contributed by atoms with Crippen LogP contribution in [0.5, 0.6) is 5.75 Å². The van der Waals surface area contributed by atoms with E-state index in [4.69, 9.17) is 9.72 Å². The first-order valence-electron chi connectivity index (χ1n) is 8.65. The quantitative estimate of drug-likeness (QED) is 0.636. The second-order valence-corrected chi connectivity index (χ2v) is 6.71. The molecule has 1 atom stereocenters.